The van der Waals surface area contributed by atoms with Crippen molar-refractivity contribution in [3.63, 3.8) is 0 Å². The number of rotatable bonds is 4. The summed E-state index contributed by atoms with van der Waals surface area (Å²) in [4.78, 5) is 13.3. The molecule has 1 aliphatic rings. The molecule has 1 N–H and O–H groups in total. The van der Waals surface area contributed by atoms with E-state index in [0.717, 1.165) is 18.6 Å². The van der Waals surface area contributed by atoms with E-state index in [2.05, 4.69) is 5.32 Å². The number of likely N-dealkylation sites (tertiary alicyclic amines) is 1. The molecule has 3 nitrogen and oxygen atoms in total. The summed E-state index contributed by atoms with van der Waals surface area (Å²) >= 11 is 0. The van der Waals surface area contributed by atoms with Crippen molar-refractivity contribution in [3.05, 3.63) is 35.4 Å². The number of halogens is 3. The standard InChI is InChI=1S/C14H17F3N2O/c1-18-12(9-19-7-3-6-13(19)20)10-4-2-5-11(8-10)14(15,16)17/h2,4-5,8,12,18H,3,6-7,9H2,1H3. The average molecular weight is 286 g/mol. The Morgan fingerprint density at radius 2 is 2.15 bits per heavy atom. The van der Waals surface area contributed by atoms with E-state index in [4.69, 9.17) is 0 Å². The maximum atomic E-state index is 12.7. The van der Waals surface area contributed by atoms with Crippen molar-refractivity contribution in [3.8, 4) is 0 Å². The van der Waals surface area contributed by atoms with Gasteiger partial charge in [-0.3, -0.25) is 4.79 Å². The zero-order valence-corrected chi connectivity index (χ0v) is 11.2. The highest BCUT2D eigenvalue weighted by molar-refractivity contribution is 5.78. The van der Waals surface area contributed by atoms with Crippen LogP contribution in [-0.2, 0) is 11.0 Å². The molecule has 1 heterocycles. The van der Waals surface area contributed by atoms with Crippen LogP contribution < -0.4 is 5.32 Å². The largest absolute Gasteiger partial charge is 0.416 e. The third-order valence-electron chi connectivity index (χ3n) is 3.54. The van der Waals surface area contributed by atoms with Gasteiger partial charge in [-0.25, -0.2) is 0 Å². The van der Waals surface area contributed by atoms with E-state index in [1.807, 2.05) is 0 Å². The minimum Gasteiger partial charge on any atom is -0.341 e. The lowest BCUT2D eigenvalue weighted by Crippen LogP contribution is -2.34. The highest BCUT2D eigenvalue weighted by atomic mass is 19.4. The van der Waals surface area contributed by atoms with Crippen molar-refractivity contribution in [1.82, 2.24) is 10.2 Å². The number of hydrogen-bond donors (Lipinski definition) is 1. The van der Waals surface area contributed by atoms with Crippen LogP contribution in [0.15, 0.2) is 24.3 Å². The first-order valence-electron chi connectivity index (χ1n) is 6.54. The number of carbonyl (C=O) groups is 1. The Labute approximate surface area is 115 Å². The summed E-state index contributed by atoms with van der Waals surface area (Å²) < 4.78 is 38.2. The molecule has 6 heteroatoms. The maximum Gasteiger partial charge on any atom is 0.416 e. The lowest BCUT2D eigenvalue weighted by molar-refractivity contribution is -0.137. The molecule has 1 fully saturated rings. The molecular weight excluding hydrogens is 269 g/mol. The summed E-state index contributed by atoms with van der Waals surface area (Å²) in [5.41, 5.74) is -0.120. The second-order valence-electron chi connectivity index (χ2n) is 4.91. The zero-order chi connectivity index (χ0) is 14.8. The van der Waals surface area contributed by atoms with Crippen LogP contribution in [0.5, 0.6) is 0 Å². The van der Waals surface area contributed by atoms with Gasteiger partial charge in [0.15, 0.2) is 0 Å². The molecule has 1 aromatic carbocycles. The summed E-state index contributed by atoms with van der Waals surface area (Å²) in [6.45, 7) is 1.08. The molecule has 0 saturated carbocycles. The van der Waals surface area contributed by atoms with Gasteiger partial charge in [0, 0.05) is 25.6 Å². The van der Waals surface area contributed by atoms with Crippen molar-refractivity contribution in [2.45, 2.75) is 25.1 Å². The van der Waals surface area contributed by atoms with E-state index in [1.54, 1.807) is 18.0 Å². The number of amides is 1. The molecular formula is C14H17F3N2O. The van der Waals surface area contributed by atoms with E-state index < -0.39 is 11.7 Å². The molecule has 0 bridgehead atoms. The molecule has 0 aliphatic carbocycles. The second kappa shape index (κ2) is 5.83. The van der Waals surface area contributed by atoms with E-state index >= 15 is 0 Å². The first-order chi connectivity index (χ1) is 9.41. The fourth-order valence-electron chi connectivity index (χ4n) is 2.41. The topological polar surface area (TPSA) is 32.3 Å². The number of alkyl halides is 3. The summed E-state index contributed by atoms with van der Waals surface area (Å²) in [5, 5.41) is 2.98. The van der Waals surface area contributed by atoms with E-state index in [1.165, 1.54) is 6.07 Å². The van der Waals surface area contributed by atoms with Crippen LogP contribution in [0.3, 0.4) is 0 Å². The van der Waals surface area contributed by atoms with Gasteiger partial charge in [-0.2, -0.15) is 13.2 Å². The average Bonchev–Trinajstić information content (AvgIpc) is 2.80. The molecule has 1 unspecified atom stereocenters. The van der Waals surface area contributed by atoms with Gasteiger partial charge >= 0.3 is 6.18 Å². The molecule has 0 spiro atoms. The fourth-order valence-corrected chi connectivity index (χ4v) is 2.41. The third-order valence-corrected chi connectivity index (χ3v) is 3.54. The Morgan fingerprint density at radius 3 is 2.70 bits per heavy atom. The van der Waals surface area contributed by atoms with E-state index in [0.29, 0.717) is 25.1 Å². The molecule has 1 aliphatic heterocycles. The SMILES string of the molecule is CNC(CN1CCCC1=O)c1cccc(C(F)(F)F)c1. The number of carbonyl (C=O) groups excluding carboxylic acids is 1. The molecule has 20 heavy (non-hydrogen) atoms. The minimum atomic E-state index is -4.35. The summed E-state index contributed by atoms with van der Waals surface area (Å²) in [6, 6.07) is 4.95. The van der Waals surface area contributed by atoms with Crippen LogP contribution in [0.1, 0.15) is 30.0 Å². The number of likely N-dealkylation sites (N-methyl/N-ethyl adjacent to an activating group) is 1. The molecule has 2 rings (SSSR count). The van der Waals surface area contributed by atoms with Gasteiger partial charge in [0.1, 0.15) is 0 Å². The lowest BCUT2D eigenvalue weighted by atomic mass is 10.0. The van der Waals surface area contributed by atoms with Crippen molar-refractivity contribution < 1.29 is 18.0 Å². The van der Waals surface area contributed by atoms with Crippen LogP contribution in [-0.4, -0.2) is 30.9 Å². The number of benzene rings is 1. The minimum absolute atomic E-state index is 0.0669. The van der Waals surface area contributed by atoms with Crippen LogP contribution >= 0.6 is 0 Å². The highest BCUT2D eigenvalue weighted by Crippen LogP contribution is 2.31. The monoisotopic (exact) mass is 286 g/mol. The van der Waals surface area contributed by atoms with Gasteiger partial charge in [0.05, 0.1) is 5.56 Å². The molecule has 110 valence electrons. The summed E-state index contributed by atoms with van der Waals surface area (Å²) in [5.74, 6) is 0.0669. The molecule has 1 saturated heterocycles. The predicted octanol–water partition coefficient (Wildman–Crippen LogP) is 2.59. The number of nitrogens with zero attached hydrogens (tertiary/aromatic N) is 1. The van der Waals surface area contributed by atoms with Crippen LogP contribution in [0, 0.1) is 0 Å². The summed E-state index contributed by atoms with van der Waals surface area (Å²) in [6.07, 6.45) is -3.01. The first kappa shape index (κ1) is 14.8. The Balaban J connectivity index is 2.17. The molecule has 0 radical (unpaired) electrons. The van der Waals surface area contributed by atoms with Crippen LogP contribution in [0.25, 0.3) is 0 Å². The van der Waals surface area contributed by atoms with Crippen LogP contribution in [0.4, 0.5) is 13.2 Å². The molecule has 1 aromatic rings. The van der Waals surface area contributed by atoms with Gasteiger partial charge in [0.25, 0.3) is 0 Å². The third kappa shape index (κ3) is 3.30. The Morgan fingerprint density at radius 1 is 1.40 bits per heavy atom. The quantitative estimate of drug-likeness (QED) is 0.922. The fraction of sp³-hybridized carbons (Fsp3) is 0.500. The molecule has 1 atom stereocenters. The lowest BCUT2D eigenvalue weighted by Gasteiger charge is -2.24. The van der Waals surface area contributed by atoms with Gasteiger partial charge in [0.2, 0.25) is 5.91 Å². The predicted molar refractivity (Wildman–Crippen MR) is 69.1 cm³/mol. The summed E-state index contributed by atoms with van der Waals surface area (Å²) in [7, 11) is 1.69. The van der Waals surface area contributed by atoms with Crippen LogP contribution in [0.2, 0.25) is 0 Å². The normalized spacial score (nSPS) is 17.6. The van der Waals surface area contributed by atoms with Crippen molar-refractivity contribution in [2.75, 3.05) is 20.1 Å². The second-order valence-corrected chi connectivity index (χ2v) is 4.91. The molecule has 1 amide bonds. The Kier molecular flexibility index (Phi) is 4.32. The van der Waals surface area contributed by atoms with Gasteiger partial charge in [-0.05, 0) is 31.2 Å². The first-order valence-corrected chi connectivity index (χ1v) is 6.54. The van der Waals surface area contributed by atoms with E-state index in [-0.39, 0.29) is 11.9 Å². The van der Waals surface area contributed by atoms with Crippen molar-refractivity contribution in [2.24, 2.45) is 0 Å². The Bertz CT molecular complexity index is 488. The zero-order valence-electron chi connectivity index (χ0n) is 11.2. The van der Waals surface area contributed by atoms with E-state index in [9.17, 15) is 18.0 Å². The van der Waals surface area contributed by atoms with Crippen molar-refractivity contribution in [1.29, 1.82) is 0 Å². The smallest absolute Gasteiger partial charge is 0.341 e. The van der Waals surface area contributed by atoms with Crippen molar-refractivity contribution >= 4 is 5.91 Å². The van der Waals surface area contributed by atoms with Gasteiger partial charge in [-0.15, -0.1) is 0 Å². The Hall–Kier alpha value is -1.56. The number of hydrogen-bond acceptors (Lipinski definition) is 2. The molecule has 0 aromatic heterocycles. The number of nitrogens with one attached hydrogen (secondary N) is 1. The van der Waals surface area contributed by atoms with Gasteiger partial charge in [-0.1, -0.05) is 12.1 Å². The highest BCUT2D eigenvalue weighted by Gasteiger charge is 2.31. The van der Waals surface area contributed by atoms with Gasteiger partial charge < -0.3 is 10.2 Å². The maximum absolute atomic E-state index is 12.7.